The minimum atomic E-state index is -0.894. The summed E-state index contributed by atoms with van der Waals surface area (Å²) in [7, 11) is 0. The van der Waals surface area contributed by atoms with Crippen LogP contribution < -0.4 is 4.74 Å². The summed E-state index contributed by atoms with van der Waals surface area (Å²) in [5.74, 6) is -0.323. The van der Waals surface area contributed by atoms with E-state index in [0.717, 1.165) is 25.4 Å². The van der Waals surface area contributed by atoms with Crippen molar-refractivity contribution in [2.75, 3.05) is 19.8 Å². The first kappa shape index (κ1) is 24.4. The van der Waals surface area contributed by atoms with Gasteiger partial charge in [0.1, 0.15) is 0 Å². The lowest BCUT2D eigenvalue weighted by Gasteiger charge is -2.32. The third-order valence-corrected chi connectivity index (χ3v) is 6.91. The van der Waals surface area contributed by atoms with Crippen LogP contribution >= 0.6 is 0 Å². The van der Waals surface area contributed by atoms with E-state index >= 15 is 0 Å². The minimum Gasteiger partial charge on any atom is -0.490 e. The third-order valence-electron chi connectivity index (χ3n) is 6.91. The average molecular weight is 439 g/mol. The number of benzene rings is 1. The number of rotatable bonds is 11. The molecule has 176 valence electrons. The Labute approximate surface area is 186 Å². The summed E-state index contributed by atoms with van der Waals surface area (Å²) in [6, 6.07) is 3.17. The maximum absolute atomic E-state index is 14.5. The maximum atomic E-state index is 14.5. The standard InChI is InChI=1S/C26H40F2O3/c1-3-5-6-7-19-8-10-20(11-9-19)17-30-24-15-12-21(18-31-24)22-13-14-23(29-16-4-2)26(28)25(22)27/h13-14,19-21,24H,3-12,15-18H2,1-2H3. The summed E-state index contributed by atoms with van der Waals surface area (Å²) in [5, 5.41) is 0. The van der Waals surface area contributed by atoms with Crippen molar-refractivity contribution in [1.29, 1.82) is 0 Å². The lowest BCUT2D eigenvalue weighted by Crippen LogP contribution is -2.30. The van der Waals surface area contributed by atoms with Crippen molar-refractivity contribution in [2.45, 2.75) is 96.7 Å². The van der Waals surface area contributed by atoms with E-state index in [0.29, 0.717) is 31.1 Å². The fraction of sp³-hybridized carbons (Fsp3) is 0.769. The lowest BCUT2D eigenvalue weighted by atomic mass is 9.80. The highest BCUT2D eigenvalue weighted by molar-refractivity contribution is 5.33. The van der Waals surface area contributed by atoms with E-state index in [2.05, 4.69) is 6.92 Å². The monoisotopic (exact) mass is 438 g/mol. The molecule has 5 heteroatoms. The van der Waals surface area contributed by atoms with E-state index < -0.39 is 11.6 Å². The van der Waals surface area contributed by atoms with Crippen molar-refractivity contribution in [3.8, 4) is 5.75 Å². The fourth-order valence-corrected chi connectivity index (χ4v) is 4.90. The van der Waals surface area contributed by atoms with E-state index in [1.54, 1.807) is 6.07 Å². The molecule has 2 aliphatic rings. The summed E-state index contributed by atoms with van der Waals surface area (Å²) in [6.07, 6.45) is 12.6. The number of hydrogen-bond acceptors (Lipinski definition) is 3. The summed E-state index contributed by atoms with van der Waals surface area (Å²) in [6.45, 7) is 5.68. The molecule has 31 heavy (non-hydrogen) atoms. The van der Waals surface area contributed by atoms with Gasteiger partial charge in [0.25, 0.3) is 0 Å². The van der Waals surface area contributed by atoms with Crippen molar-refractivity contribution >= 4 is 0 Å². The normalized spacial score (nSPS) is 26.7. The predicted molar refractivity (Wildman–Crippen MR) is 119 cm³/mol. The zero-order chi connectivity index (χ0) is 22.1. The zero-order valence-corrected chi connectivity index (χ0v) is 19.3. The molecule has 0 amide bonds. The first-order valence-corrected chi connectivity index (χ1v) is 12.5. The van der Waals surface area contributed by atoms with Gasteiger partial charge in [0.2, 0.25) is 5.82 Å². The Hall–Kier alpha value is -1.20. The van der Waals surface area contributed by atoms with Gasteiger partial charge in [-0.15, -0.1) is 0 Å². The van der Waals surface area contributed by atoms with E-state index in [4.69, 9.17) is 14.2 Å². The van der Waals surface area contributed by atoms with Crippen LogP contribution in [0.15, 0.2) is 12.1 Å². The van der Waals surface area contributed by atoms with E-state index in [1.807, 2.05) is 6.92 Å². The van der Waals surface area contributed by atoms with Crippen LogP contribution in [0.5, 0.6) is 5.75 Å². The molecule has 2 fully saturated rings. The average Bonchev–Trinajstić information content (AvgIpc) is 2.80. The molecule has 3 rings (SSSR count). The van der Waals surface area contributed by atoms with Gasteiger partial charge in [-0.1, -0.05) is 58.4 Å². The van der Waals surface area contributed by atoms with Gasteiger partial charge < -0.3 is 14.2 Å². The first-order chi connectivity index (χ1) is 15.1. The Bertz CT molecular complexity index is 650. The quantitative estimate of drug-likeness (QED) is 0.337. The Morgan fingerprint density at radius 3 is 2.35 bits per heavy atom. The van der Waals surface area contributed by atoms with Gasteiger partial charge in [-0.2, -0.15) is 4.39 Å². The summed E-state index contributed by atoms with van der Waals surface area (Å²) in [5.41, 5.74) is 0.376. The van der Waals surface area contributed by atoms with Crippen molar-refractivity contribution in [1.82, 2.24) is 0 Å². The summed E-state index contributed by atoms with van der Waals surface area (Å²) < 4.78 is 46.0. The Balaban J connectivity index is 1.38. The molecule has 1 aliphatic carbocycles. The molecule has 1 saturated heterocycles. The molecule has 3 nitrogen and oxygen atoms in total. The highest BCUT2D eigenvalue weighted by atomic mass is 19.2. The molecule has 1 aromatic rings. The van der Waals surface area contributed by atoms with Crippen molar-refractivity contribution in [3.05, 3.63) is 29.3 Å². The van der Waals surface area contributed by atoms with E-state index in [1.165, 1.54) is 57.4 Å². The maximum Gasteiger partial charge on any atom is 0.200 e. The van der Waals surface area contributed by atoms with Gasteiger partial charge in [-0.25, -0.2) is 4.39 Å². The van der Waals surface area contributed by atoms with Crippen LogP contribution in [0, 0.1) is 23.5 Å². The van der Waals surface area contributed by atoms with Crippen LogP contribution in [-0.2, 0) is 9.47 Å². The van der Waals surface area contributed by atoms with Crippen molar-refractivity contribution in [3.63, 3.8) is 0 Å². The first-order valence-electron chi connectivity index (χ1n) is 12.5. The Kier molecular flexibility index (Phi) is 10.0. The van der Waals surface area contributed by atoms with Gasteiger partial charge in [0.15, 0.2) is 17.9 Å². The van der Waals surface area contributed by atoms with Crippen LogP contribution in [0.3, 0.4) is 0 Å². The van der Waals surface area contributed by atoms with Gasteiger partial charge in [-0.05, 0) is 55.6 Å². The molecular weight excluding hydrogens is 398 g/mol. The second-order valence-corrected chi connectivity index (χ2v) is 9.38. The van der Waals surface area contributed by atoms with Crippen LogP contribution in [0.1, 0.15) is 96.0 Å². The van der Waals surface area contributed by atoms with Crippen LogP contribution in [-0.4, -0.2) is 26.1 Å². The molecule has 0 radical (unpaired) electrons. The summed E-state index contributed by atoms with van der Waals surface area (Å²) >= 11 is 0. The molecule has 1 saturated carbocycles. The molecule has 0 spiro atoms. The second-order valence-electron chi connectivity index (χ2n) is 9.38. The second kappa shape index (κ2) is 12.7. The molecule has 1 aromatic carbocycles. The molecular formula is C26H40F2O3. The number of ether oxygens (including phenoxy) is 3. The van der Waals surface area contributed by atoms with Crippen molar-refractivity contribution < 1.29 is 23.0 Å². The molecule has 0 aromatic heterocycles. The fourth-order valence-electron chi connectivity index (χ4n) is 4.90. The summed E-state index contributed by atoms with van der Waals surface area (Å²) in [4.78, 5) is 0. The molecule has 2 unspecified atom stereocenters. The van der Waals surface area contributed by atoms with Crippen LogP contribution in [0.25, 0.3) is 0 Å². The van der Waals surface area contributed by atoms with Crippen LogP contribution in [0.2, 0.25) is 0 Å². The third kappa shape index (κ3) is 7.15. The smallest absolute Gasteiger partial charge is 0.200 e. The number of hydrogen-bond donors (Lipinski definition) is 0. The molecule has 1 heterocycles. The van der Waals surface area contributed by atoms with Crippen LogP contribution in [0.4, 0.5) is 8.78 Å². The van der Waals surface area contributed by atoms with E-state index in [9.17, 15) is 8.78 Å². The van der Waals surface area contributed by atoms with Gasteiger partial charge in [0, 0.05) is 5.92 Å². The van der Waals surface area contributed by atoms with E-state index in [-0.39, 0.29) is 18.0 Å². The Morgan fingerprint density at radius 2 is 1.68 bits per heavy atom. The van der Waals surface area contributed by atoms with Gasteiger partial charge >= 0.3 is 0 Å². The van der Waals surface area contributed by atoms with Gasteiger partial charge in [0.05, 0.1) is 19.8 Å². The lowest BCUT2D eigenvalue weighted by molar-refractivity contribution is -0.175. The largest absolute Gasteiger partial charge is 0.490 e. The number of halogens is 2. The zero-order valence-electron chi connectivity index (χ0n) is 19.3. The van der Waals surface area contributed by atoms with Crippen molar-refractivity contribution in [2.24, 2.45) is 11.8 Å². The molecule has 1 aliphatic heterocycles. The molecule has 0 N–H and O–H groups in total. The minimum absolute atomic E-state index is 0.0128. The number of unbranched alkanes of at least 4 members (excludes halogenated alkanes) is 2. The molecule has 0 bridgehead atoms. The highest BCUT2D eigenvalue weighted by Crippen LogP contribution is 2.35. The Morgan fingerprint density at radius 1 is 0.903 bits per heavy atom. The highest BCUT2D eigenvalue weighted by Gasteiger charge is 2.29. The van der Waals surface area contributed by atoms with Gasteiger partial charge in [-0.3, -0.25) is 0 Å². The topological polar surface area (TPSA) is 27.7 Å². The predicted octanol–water partition coefficient (Wildman–Crippen LogP) is 7.38. The SMILES string of the molecule is CCCCCC1CCC(COC2CCC(c3ccc(OCCC)c(F)c3F)CO2)CC1. The molecule has 2 atom stereocenters.